The lowest BCUT2D eigenvalue weighted by atomic mass is 10.2. The summed E-state index contributed by atoms with van der Waals surface area (Å²) in [7, 11) is 1.60. The fraction of sp³-hybridized carbons (Fsp3) is 0.0870. The van der Waals surface area contributed by atoms with E-state index in [0.717, 1.165) is 28.3 Å². The van der Waals surface area contributed by atoms with Crippen molar-refractivity contribution in [3.8, 4) is 22.7 Å². The number of hydrogen-bond acceptors (Lipinski definition) is 4. The maximum absolute atomic E-state index is 12.8. The Bertz CT molecular complexity index is 1120. The highest BCUT2D eigenvalue weighted by Crippen LogP contribution is 2.24. The van der Waals surface area contributed by atoms with Gasteiger partial charge in [-0.25, -0.2) is 4.68 Å². The number of ether oxygens (including phenoxy) is 1. The lowest BCUT2D eigenvalue weighted by Gasteiger charge is -2.07. The van der Waals surface area contributed by atoms with Gasteiger partial charge in [-0.15, -0.1) is 0 Å². The molecule has 2 aromatic heterocycles. The SMILES string of the molecule is COc1ccc(NC(=O)c2cc(-c3cccnc3)n(-c3ccc(C)cc3)n2)cc1. The minimum absolute atomic E-state index is 0.286. The first-order valence-electron chi connectivity index (χ1n) is 9.17. The second kappa shape index (κ2) is 7.98. The predicted molar refractivity (Wildman–Crippen MR) is 112 cm³/mol. The number of rotatable bonds is 5. The van der Waals surface area contributed by atoms with Gasteiger partial charge in [0.15, 0.2) is 5.69 Å². The standard InChI is InChI=1S/C23H20N4O2/c1-16-5-9-19(10-6-16)27-22(17-4-3-13-24-15-17)14-21(26-27)23(28)25-18-7-11-20(29-2)12-8-18/h3-15H,1-2H3,(H,25,28). The topological polar surface area (TPSA) is 69.0 Å². The third-order valence-corrected chi connectivity index (χ3v) is 4.53. The van der Waals surface area contributed by atoms with E-state index in [1.165, 1.54) is 0 Å². The summed E-state index contributed by atoms with van der Waals surface area (Å²) in [5.74, 6) is 0.441. The van der Waals surface area contributed by atoms with Crippen LogP contribution in [0.2, 0.25) is 0 Å². The molecule has 2 heterocycles. The molecule has 0 spiro atoms. The van der Waals surface area contributed by atoms with Crippen LogP contribution in [0.4, 0.5) is 5.69 Å². The number of anilines is 1. The van der Waals surface area contributed by atoms with E-state index in [2.05, 4.69) is 15.4 Å². The van der Waals surface area contributed by atoms with Crippen molar-refractivity contribution in [3.05, 3.63) is 90.4 Å². The molecule has 0 saturated heterocycles. The van der Waals surface area contributed by atoms with Crippen LogP contribution in [-0.2, 0) is 0 Å². The Morgan fingerprint density at radius 3 is 2.45 bits per heavy atom. The molecule has 4 aromatic rings. The van der Waals surface area contributed by atoms with Gasteiger partial charge in [0.2, 0.25) is 0 Å². The average Bonchev–Trinajstić information content (AvgIpc) is 3.21. The number of aromatic nitrogens is 3. The van der Waals surface area contributed by atoms with Crippen molar-refractivity contribution in [2.75, 3.05) is 12.4 Å². The van der Waals surface area contributed by atoms with Crippen molar-refractivity contribution in [3.63, 3.8) is 0 Å². The van der Waals surface area contributed by atoms with Crippen molar-refractivity contribution < 1.29 is 9.53 Å². The second-order valence-corrected chi connectivity index (χ2v) is 6.59. The van der Waals surface area contributed by atoms with E-state index in [1.54, 1.807) is 54.5 Å². The van der Waals surface area contributed by atoms with E-state index >= 15 is 0 Å². The van der Waals surface area contributed by atoms with Gasteiger partial charge in [-0.1, -0.05) is 17.7 Å². The van der Waals surface area contributed by atoms with Gasteiger partial charge < -0.3 is 10.1 Å². The van der Waals surface area contributed by atoms with Crippen molar-refractivity contribution in [2.45, 2.75) is 6.92 Å². The van der Waals surface area contributed by atoms with Gasteiger partial charge in [0.1, 0.15) is 5.75 Å². The van der Waals surface area contributed by atoms with Gasteiger partial charge in [-0.3, -0.25) is 9.78 Å². The van der Waals surface area contributed by atoms with Crippen LogP contribution in [-0.4, -0.2) is 27.8 Å². The smallest absolute Gasteiger partial charge is 0.276 e. The number of aryl methyl sites for hydroxylation is 1. The minimum Gasteiger partial charge on any atom is -0.497 e. The van der Waals surface area contributed by atoms with Crippen LogP contribution >= 0.6 is 0 Å². The van der Waals surface area contributed by atoms with Gasteiger partial charge in [0.25, 0.3) is 5.91 Å². The van der Waals surface area contributed by atoms with Crippen LogP contribution < -0.4 is 10.1 Å². The molecule has 144 valence electrons. The molecule has 0 radical (unpaired) electrons. The lowest BCUT2D eigenvalue weighted by molar-refractivity contribution is 0.102. The lowest BCUT2D eigenvalue weighted by Crippen LogP contribution is -2.13. The maximum Gasteiger partial charge on any atom is 0.276 e. The molecule has 29 heavy (non-hydrogen) atoms. The van der Waals surface area contributed by atoms with E-state index in [1.807, 2.05) is 43.3 Å². The number of carbonyl (C=O) groups excluding carboxylic acids is 1. The quantitative estimate of drug-likeness (QED) is 0.550. The molecule has 0 atom stereocenters. The van der Waals surface area contributed by atoms with E-state index in [4.69, 9.17) is 4.74 Å². The molecule has 0 bridgehead atoms. The third-order valence-electron chi connectivity index (χ3n) is 4.53. The maximum atomic E-state index is 12.8. The van der Waals surface area contributed by atoms with Crippen LogP contribution in [0.3, 0.4) is 0 Å². The molecule has 0 fully saturated rings. The van der Waals surface area contributed by atoms with Crippen molar-refractivity contribution in [2.24, 2.45) is 0 Å². The van der Waals surface area contributed by atoms with E-state index < -0.39 is 0 Å². The first-order valence-corrected chi connectivity index (χ1v) is 9.17. The Kier molecular flexibility index (Phi) is 5.07. The summed E-state index contributed by atoms with van der Waals surface area (Å²) in [6.45, 7) is 2.03. The number of pyridine rings is 1. The fourth-order valence-corrected chi connectivity index (χ4v) is 2.96. The van der Waals surface area contributed by atoms with Crippen molar-refractivity contribution >= 4 is 11.6 Å². The fourth-order valence-electron chi connectivity index (χ4n) is 2.96. The average molecular weight is 384 g/mol. The Morgan fingerprint density at radius 2 is 1.79 bits per heavy atom. The molecule has 0 saturated carbocycles. The zero-order valence-corrected chi connectivity index (χ0v) is 16.2. The second-order valence-electron chi connectivity index (χ2n) is 6.59. The first kappa shape index (κ1) is 18.4. The normalized spacial score (nSPS) is 10.6. The summed E-state index contributed by atoms with van der Waals surface area (Å²) in [6, 6.07) is 20.7. The molecule has 1 amide bonds. The molecule has 0 aliphatic heterocycles. The third kappa shape index (κ3) is 4.01. The summed E-state index contributed by atoms with van der Waals surface area (Å²) in [6.07, 6.45) is 3.47. The van der Waals surface area contributed by atoms with Crippen molar-refractivity contribution in [1.29, 1.82) is 0 Å². The van der Waals surface area contributed by atoms with E-state index in [0.29, 0.717) is 11.4 Å². The van der Waals surface area contributed by atoms with Crippen LogP contribution in [0.15, 0.2) is 79.1 Å². The first-order chi connectivity index (χ1) is 14.1. The molecule has 2 aromatic carbocycles. The van der Waals surface area contributed by atoms with Gasteiger partial charge in [0.05, 0.1) is 18.5 Å². The largest absolute Gasteiger partial charge is 0.497 e. The number of nitrogens with one attached hydrogen (secondary N) is 1. The van der Waals surface area contributed by atoms with Gasteiger partial charge >= 0.3 is 0 Å². The zero-order chi connectivity index (χ0) is 20.2. The number of hydrogen-bond donors (Lipinski definition) is 1. The summed E-state index contributed by atoms with van der Waals surface area (Å²) in [5.41, 5.74) is 4.69. The molecule has 0 aliphatic carbocycles. The summed E-state index contributed by atoms with van der Waals surface area (Å²) >= 11 is 0. The molecule has 6 nitrogen and oxygen atoms in total. The number of methoxy groups -OCH3 is 1. The molecular formula is C23H20N4O2. The summed E-state index contributed by atoms with van der Waals surface area (Å²) < 4.78 is 6.91. The Balaban J connectivity index is 1.70. The predicted octanol–water partition coefficient (Wildman–Crippen LogP) is 4.50. The number of nitrogens with zero attached hydrogens (tertiary/aromatic N) is 3. The molecule has 6 heteroatoms. The van der Waals surface area contributed by atoms with E-state index in [-0.39, 0.29) is 5.91 Å². The van der Waals surface area contributed by atoms with Crippen LogP contribution in [0.5, 0.6) is 5.75 Å². The van der Waals surface area contributed by atoms with Gasteiger partial charge in [-0.05, 0) is 61.5 Å². The van der Waals surface area contributed by atoms with Crippen LogP contribution in [0.1, 0.15) is 16.1 Å². The molecule has 0 unspecified atom stereocenters. The summed E-state index contributed by atoms with van der Waals surface area (Å²) in [5, 5.41) is 7.44. The zero-order valence-electron chi connectivity index (χ0n) is 16.2. The highest BCUT2D eigenvalue weighted by atomic mass is 16.5. The highest BCUT2D eigenvalue weighted by molar-refractivity contribution is 6.03. The molecule has 1 N–H and O–H groups in total. The van der Waals surface area contributed by atoms with E-state index in [9.17, 15) is 4.79 Å². The molecular weight excluding hydrogens is 364 g/mol. The number of carbonyl (C=O) groups is 1. The Labute approximate surface area is 168 Å². The Morgan fingerprint density at radius 1 is 1.03 bits per heavy atom. The van der Waals surface area contributed by atoms with Crippen molar-refractivity contribution in [1.82, 2.24) is 14.8 Å². The number of benzene rings is 2. The number of amides is 1. The van der Waals surface area contributed by atoms with Gasteiger partial charge in [0, 0.05) is 23.6 Å². The molecule has 4 rings (SSSR count). The minimum atomic E-state index is -0.286. The van der Waals surface area contributed by atoms with Crippen LogP contribution in [0.25, 0.3) is 16.9 Å². The molecule has 0 aliphatic rings. The van der Waals surface area contributed by atoms with Gasteiger partial charge in [-0.2, -0.15) is 5.10 Å². The van der Waals surface area contributed by atoms with Crippen LogP contribution in [0, 0.1) is 6.92 Å². The Hall–Kier alpha value is -3.93. The highest BCUT2D eigenvalue weighted by Gasteiger charge is 2.17. The monoisotopic (exact) mass is 384 g/mol. The summed E-state index contributed by atoms with van der Waals surface area (Å²) in [4.78, 5) is 17.0.